The molecule has 40 heavy (non-hydrogen) atoms. The number of nitrogens with zero attached hydrogens (tertiary/aromatic N) is 4. The standard InChI is InChI=1S/C30H36N4O6/c1-16-7-9-21-23(34(16)30(38-3)15-39-30)10-11-24-26(21)32-28(33(24)20-6-4-5-19(13-20)29(36)37)27(35)18-8-12-25-22(14-18)31-17(2)40-25/h8,10-12,14,16,19-21,23,27,35H,4-7,9,13,15H2,1-3H3,(H,36,37). The lowest BCUT2D eigenvalue weighted by Gasteiger charge is -2.47. The average molecular weight is 549 g/mol. The van der Waals surface area contributed by atoms with Gasteiger partial charge in [-0.25, -0.2) is 14.9 Å². The maximum atomic E-state index is 12.0. The highest BCUT2D eigenvalue weighted by molar-refractivity contribution is 5.73. The number of carboxylic acids is 1. The molecule has 212 valence electrons. The first-order valence-electron chi connectivity index (χ1n) is 14.4. The summed E-state index contributed by atoms with van der Waals surface area (Å²) < 4.78 is 19.4. The van der Waals surface area contributed by atoms with Crippen molar-refractivity contribution in [1.82, 2.24) is 19.4 Å². The summed E-state index contributed by atoms with van der Waals surface area (Å²) in [4.78, 5) is 23.9. The summed E-state index contributed by atoms with van der Waals surface area (Å²) in [6.07, 6.45) is 8.13. The maximum absolute atomic E-state index is 12.0. The highest BCUT2D eigenvalue weighted by atomic mass is 16.8. The van der Waals surface area contributed by atoms with Gasteiger partial charge in [-0.1, -0.05) is 18.6 Å². The van der Waals surface area contributed by atoms with Gasteiger partial charge in [0.05, 0.1) is 17.3 Å². The van der Waals surface area contributed by atoms with Crippen molar-refractivity contribution in [3.8, 4) is 0 Å². The number of oxazole rings is 1. The molecule has 3 aromatic rings. The molecule has 3 fully saturated rings. The molecule has 1 aromatic carbocycles. The number of imidazole rings is 1. The van der Waals surface area contributed by atoms with E-state index >= 15 is 0 Å². The lowest BCUT2D eigenvalue weighted by atomic mass is 9.79. The Morgan fingerprint density at radius 3 is 2.80 bits per heavy atom. The number of rotatable bonds is 6. The van der Waals surface area contributed by atoms with Gasteiger partial charge in [-0.2, -0.15) is 0 Å². The van der Waals surface area contributed by atoms with Crippen molar-refractivity contribution in [1.29, 1.82) is 0 Å². The van der Waals surface area contributed by atoms with E-state index in [4.69, 9.17) is 18.9 Å². The molecule has 0 bridgehead atoms. The largest absolute Gasteiger partial charge is 0.481 e. The molecular weight excluding hydrogens is 512 g/mol. The van der Waals surface area contributed by atoms with E-state index < -0.39 is 23.9 Å². The average Bonchev–Trinajstić information content (AvgIpc) is 3.49. The molecule has 2 N–H and O–H groups in total. The molecular formula is C30H36N4O6. The monoisotopic (exact) mass is 548 g/mol. The predicted molar refractivity (Wildman–Crippen MR) is 145 cm³/mol. The van der Waals surface area contributed by atoms with Crippen LogP contribution >= 0.6 is 0 Å². The second-order valence-electron chi connectivity index (χ2n) is 11.8. The fourth-order valence-electron chi connectivity index (χ4n) is 7.43. The summed E-state index contributed by atoms with van der Waals surface area (Å²) >= 11 is 0. The van der Waals surface area contributed by atoms with E-state index in [1.807, 2.05) is 18.2 Å². The highest BCUT2D eigenvalue weighted by Crippen LogP contribution is 2.49. The molecule has 0 radical (unpaired) electrons. The zero-order valence-corrected chi connectivity index (χ0v) is 23.1. The topological polar surface area (TPSA) is 126 Å². The minimum Gasteiger partial charge on any atom is -0.481 e. The minimum atomic E-state index is -1.00. The lowest BCUT2D eigenvalue weighted by Crippen LogP contribution is -2.56. The van der Waals surface area contributed by atoms with Gasteiger partial charge in [0.1, 0.15) is 24.1 Å². The smallest absolute Gasteiger partial charge is 0.306 e. The number of aliphatic hydroxyl groups excluding tert-OH is 1. The van der Waals surface area contributed by atoms with Crippen molar-refractivity contribution in [2.24, 2.45) is 5.92 Å². The number of likely N-dealkylation sites (tertiary alicyclic amines) is 1. The number of aliphatic hydroxyl groups is 1. The number of carboxylic acid groups (broad SMARTS) is 1. The third kappa shape index (κ3) is 4.03. The van der Waals surface area contributed by atoms with Crippen LogP contribution in [0.15, 0.2) is 28.7 Å². The van der Waals surface area contributed by atoms with Crippen LogP contribution in [0.3, 0.4) is 0 Å². The van der Waals surface area contributed by atoms with E-state index in [0.29, 0.717) is 47.8 Å². The fraction of sp³-hybridized carbons (Fsp3) is 0.567. The van der Waals surface area contributed by atoms with E-state index in [1.54, 1.807) is 14.0 Å². The van der Waals surface area contributed by atoms with E-state index in [9.17, 15) is 15.0 Å². The van der Waals surface area contributed by atoms with Crippen LogP contribution in [0, 0.1) is 12.8 Å². The normalized spacial score (nSPS) is 32.5. The van der Waals surface area contributed by atoms with Crippen molar-refractivity contribution in [3.05, 3.63) is 52.9 Å². The van der Waals surface area contributed by atoms with Gasteiger partial charge in [0, 0.05) is 38.1 Å². The van der Waals surface area contributed by atoms with Crippen LogP contribution in [0.5, 0.6) is 0 Å². The molecule has 10 nitrogen and oxygen atoms in total. The van der Waals surface area contributed by atoms with E-state index in [-0.39, 0.29) is 24.0 Å². The quantitative estimate of drug-likeness (QED) is 0.427. The Morgan fingerprint density at radius 2 is 2.05 bits per heavy atom. The first kappa shape index (κ1) is 25.9. The Morgan fingerprint density at radius 1 is 1.23 bits per heavy atom. The van der Waals surface area contributed by atoms with Crippen LogP contribution in [-0.2, 0) is 14.3 Å². The third-order valence-corrected chi connectivity index (χ3v) is 9.45. The molecule has 4 aliphatic rings. The van der Waals surface area contributed by atoms with Crippen molar-refractivity contribution >= 4 is 23.1 Å². The predicted octanol–water partition coefficient (Wildman–Crippen LogP) is 4.52. The Bertz CT molecular complexity index is 1490. The fourth-order valence-corrected chi connectivity index (χ4v) is 7.43. The Hall–Kier alpha value is -3.05. The first-order chi connectivity index (χ1) is 19.3. The number of ether oxygens (including phenoxy) is 2. The van der Waals surface area contributed by atoms with Crippen LogP contribution in [0.1, 0.15) is 92.2 Å². The van der Waals surface area contributed by atoms with Gasteiger partial charge in [-0.15, -0.1) is 0 Å². The number of fused-ring (bicyclic) bond motifs is 4. The van der Waals surface area contributed by atoms with E-state index in [0.717, 1.165) is 37.1 Å². The van der Waals surface area contributed by atoms with Gasteiger partial charge in [0.15, 0.2) is 11.5 Å². The molecule has 1 saturated carbocycles. The van der Waals surface area contributed by atoms with E-state index in [2.05, 4.69) is 33.5 Å². The summed E-state index contributed by atoms with van der Waals surface area (Å²) in [5.74, 6) is -0.621. The number of hydrogen-bond donors (Lipinski definition) is 2. The highest BCUT2D eigenvalue weighted by Gasteiger charge is 2.58. The van der Waals surface area contributed by atoms with Crippen LogP contribution in [-0.4, -0.2) is 67.3 Å². The number of epoxide rings is 1. The Kier molecular flexibility index (Phi) is 6.16. The number of aliphatic carboxylic acids is 1. The van der Waals surface area contributed by atoms with Crippen LogP contribution < -0.4 is 0 Å². The molecule has 7 rings (SSSR count). The molecule has 7 unspecified atom stereocenters. The number of methoxy groups -OCH3 is 1. The first-order valence-corrected chi connectivity index (χ1v) is 14.4. The summed E-state index contributed by atoms with van der Waals surface area (Å²) in [7, 11) is 1.69. The second kappa shape index (κ2) is 9.51. The van der Waals surface area contributed by atoms with Crippen molar-refractivity contribution < 1.29 is 28.9 Å². The molecule has 2 aliphatic carbocycles. The van der Waals surface area contributed by atoms with Crippen molar-refractivity contribution in [2.45, 2.75) is 88.4 Å². The summed E-state index contributed by atoms with van der Waals surface area (Å²) in [5, 5.41) is 21.7. The van der Waals surface area contributed by atoms with Crippen LogP contribution in [0.25, 0.3) is 17.2 Å². The second-order valence-corrected chi connectivity index (χ2v) is 11.8. The van der Waals surface area contributed by atoms with Gasteiger partial charge in [-0.3, -0.25) is 4.79 Å². The van der Waals surface area contributed by atoms with Crippen LogP contribution in [0.4, 0.5) is 0 Å². The number of piperidine rings is 1. The van der Waals surface area contributed by atoms with Gasteiger partial charge in [-0.05, 0) is 62.8 Å². The molecule has 0 amide bonds. The van der Waals surface area contributed by atoms with Crippen molar-refractivity contribution in [2.75, 3.05) is 13.7 Å². The molecule has 10 heteroatoms. The van der Waals surface area contributed by atoms with Gasteiger partial charge in [0.2, 0.25) is 0 Å². The van der Waals surface area contributed by atoms with E-state index in [1.165, 1.54) is 0 Å². The van der Waals surface area contributed by atoms with Gasteiger partial charge in [0.25, 0.3) is 5.91 Å². The molecule has 2 aromatic heterocycles. The lowest BCUT2D eigenvalue weighted by molar-refractivity contribution is -0.167. The SMILES string of the molecule is COC1(N2C(C)CCC3c4nc(C(O)c5ccc6oc(C)nc6c5)n(C5CCCC(C(=O)O)C5)c4C=CC32)CO1. The Labute approximate surface area is 232 Å². The maximum Gasteiger partial charge on any atom is 0.306 e. The van der Waals surface area contributed by atoms with Gasteiger partial charge >= 0.3 is 5.97 Å². The minimum absolute atomic E-state index is 0.0552. The zero-order valence-electron chi connectivity index (χ0n) is 23.1. The molecule has 4 heterocycles. The molecule has 7 atom stereocenters. The Balaban J connectivity index is 1.33. The molecule has 0 spiro atoms. The van der Waals surface area contributed by atoms with Crippen molar-refractivity contribution in [3.63, 3.8) is 0 Å². The number of aromatic nitrogens is 3. The summed E-state index contributed by atoms with van der Waals surface area (Å²) in [6, 6.07) is 5.81. The zero-order chi connectivity index (χ0) is 27.8. The number of hydrogen-bond acceptors (Lipinski definition) is 8. The summed E-state index contributed by atoms with van der Waals surface area (Å²) in [5.41, 5.74) is 3.97. The summed E-state index contributed by atoms with van der Waals surface area (Å²) in [6.45, 7) is 4.56. The molecule has 2 aliphatic heterocycles. The third-order valence-electron chi connectivity index (χ3n) is 9.45. The number of carbonyl (C=O) groups is 1. The number of benzene rings is 1. The number of aryl methyl sites for hydroxylation is 1. The van der Waals surface area contributed by atoms with Gasteiger partial charge < -0.3 is 28.7 Å². The molecule has 2 saturated heterocycles. The van der Waals surface area contributed by atoms with Crippen LogP contribution in [0.2, 0.25) is 0 Å².